The number of nitrogens with one attached hydrogen (secondary N) is 1. The predicted octanol–water partition coefficient (Wildman–Crippen LogP) is 5.01. The second-order valence-corrected chi connectivity index (χ2v) is 10.3. The summed E-state index contributed by atoms with van der Waals surface area (Å²) in [4.78, 5) is 36.4. The van der Waals surface area contributed by atoms with Crippen LogP contribution in [-0.2, 0) is 30.2 Å². The van der Waals surface area contributed by atoms with Crippen LogP contribution in [0.2, 0.25) is 0 Å². The van der Waals surface area contributed by atoms with Gasteiger partial charge in [0.25, 0.3) is 0 Å². The van der Waals surface area contributed by atoms with Crippen LogP contribution in [0.4, 0.5) is 4.79 Å². The molecule has 0 bridgehead atoms. The van der Waals surface area contributed by atoms with Gasteiger partial charge in [0.2, 0.25) is 12.2 Å². The number of thioether (sulfide) groups is 1. The Labute approximate surface area is 228 Å². The van der Waals surface area contributed by atoms with E-state index in [1.807, 2.05) is 42.5 Å². The minimum Gasteiger partial charge on any atom is -0.425 e. The van der Waals surface area contributed by atoms with Crippen molar-refractivity contribution in [2.45, 2.75) is 51.4 Å². The highest BCUT2D eigenvalue weighted by Crippen LogP contribution is 2.30. The standard InChI is InChI=1S/C30H33NO6S/c1-20(37-30(34)38-2)36-29(33)24-13-11-21(12-14-24)18-31-28(32)19-35-27-17-25-9-4-3-7-22(25)15-16-23-8-5-6-10-26(23)27/h3-10,20-21,24,27H,11-14,17-19H2,1-2H3,(H,31,32). The fourth-order valence-corrected chi connectivity index (χ4v) is 5.09. The minimum absolute atomic E-state index is 0.0388. The minimum atomic E-state index is -0.898. The van der Waals surface area contributed by atoms with Crippen molar-refractivity contribution >= 4 is 28.9 Å². The summed E-state index contributed by atoms with van der Waals surface area (Å²) in [5.74, 6) is 6.09. The average Bonchev–Trinajstić information content (AvgIpc) is 2.92. The summed E-state index contributed by atoms with van der Waals surface area (Å²) >= 11 is 0.930. The molecule has 38 heavy (non-hydrogen) atoms. The summed E-state index contributed by atoms with van der Waals surface area (Å²) in [5, 5.41) is 2.52. The van der Waals surface area contributed by atoms with Gasteiger partial charge in [-0.25, -0.2) is 4.79 Å². The second-order valence-electron chi connectivity index (χ2n) is 9.60. The van der Waals surface area contributed by atoms with E-state index in [1.165, 1.54) is 6.92 Å². The summed E-state index contributed by atoms with van der Waals surface area (Å²) in [6, 6.07) is 16.0. The van der Waals surface area contributed by atoms with Crippen LogP contribution in [0.25, 0.3) is 0 Å². The van der Waals surface area contributed by atoms with Gasteiger partial charge in [-0.3, -0.25) is 9.59 Å². The van der Waals surface area contributed by atoms with Crippen molar-refractivity contribution in [3.63, 3.8) is 0 Å². The zero-order valence-electron chi connectivity index (χ0n) is 21.7. The SMILES string of the molecule is CSC(=O)OC(C)OC(=O)C1CCC(CNC(=O)COC2Cc3ccccc3C#Cc3ccccc32)CC1. The van der Waals surface area contributed by atoms with E-state index in [4.69, 9.17) is 14.2 Å². The second kappa shape index (κ2) is 13.5. The van der Waals surface area contributed by atoms with Crippen LogP contribution in [0, 0.1) is 23.7 Å². The number of rotatable bonds is 8. The van der Waals surface area contributed by atoms with Crippen LogP contribution < -0.4 is 5.32 Å². The molecule has 0 aromatic heterocycles. The quantitative estimate of drug-likeness (QED) is 0.289. The maximum Gasteiger partial charge on any atom is 0.370 e. The topological polar surface area (TPSA) is 90.9 Å². The molecule has 1 saturated carbocycles. The first-order chi connectivity index (χ1) is 18.4. The maximum atomic E-state index is 12.7. The van der Waals surface area contributed by atoms with E-state index < -0.39 is 11.6 Å². The smallest absolute Gasteiger partial charge is 0.370 e. The van der Waals surface area contributed by atoms with E-state index >= 15 is 0 Å². The van der Waals surface area contributed by atoms with Crippen LogP contribution in [-0.4, -0.2) is 42.9 Å². The van der Waals surface area contributed by atoms with E-state index in [1.54, 1.807) is 6.26 Å². The molecule has 7 nitrogen and oxygen atoms in total. The molecule has 0 aliphatic heterocycles. The first-order valence-corrected chi connectivity index (χ1v) is 14.2. The van der Waals surface area contributed by atoms with Crippen molar-refractivity contribution in [1.29, 1.82) is 0 Å². The Morgan fingerprint density at radius 2 is 1.66 bits per heavy atom. The van der Waals surface area contributed by atoms with Crippen LogP contribution >= 0.6 is 11.8 Å². The van der Waals surface area contributed by atoms with E-state index in [-0.39, 0.29) is 30.5 Å². The fourth-order valence-electron chi connectivity index (χ4n) is 4.86. The van der Waals surface area contributed by atoms with E-state index in [2.05, 4.69) is 23.2 Å². The Bertz CT molecular complexity index is 1210. The molecule has 0 saturated heterocycles. The predicted molar refractivity (Wildman–Crippen MR) is 145 cm³/mol. The van der Waals surface area contributed by atoms with E-state index in [0.29, 0.717) is 31.7 Å². The molecule has 1 N–H and O–H groups in total. The summed E-state index contributed by atoms with van der Waals surface area (Å²) in [5.41, 5.74) is 3.99. The van der Waals surface area contributed by atoms with Gasteiger partial charge in [0.05, 0.1) is 12.0 Å². The molecule has 4 rings (SSSR count). The Balaban J connectivity index is 1.23. The van der Waals surface area contributed by atoms with Gasteiger partial charge in [0, 0.05) is 31.0 Å². The first kappa shape index (κ1) is 27.7. The molecule has 200 valence electrons. The van der Waals surface area contributed by atoms with Gasteiger partial charge in [-0.2, -0.15) is 0 Å². The summed E-state index contributed by atoms with van der Waals surface area (Å²) < 4.78 is 16.4. The number of ether oxygens (including phenoxy) is 3. The molecule has 8 heteroatoms. The Morgan fingerprint density at radius 3 is 2.42 bits per heavy atom. The molecule has 2 unspecified atom stereocenters. The molecule has 1 fully saturated rings. The van der Waals surface area contributed by atoms with Crippen LogP contribution in [0.1, 0.15) is 61.0 Å². The van der Waals surface area contributed by atoms with Crippen LogP contribution in [0.15, 0.2) is 48.5 Å². The molecule has 2 aromatic carbocycles. The number of fused-ring (bicyclic) bond motifs is 2. The molecule has 1 amide bonds. The molecule has 2 atom stereocenters. The van der Waals surface area contributed by atoms with Gasteiger partial charge < -0.3 is 19.5 Å². The number of amides is 1. The average molecular weight is 536 g/mol. The number of esters is 1. The lowest BCUT2D eigenvalue weighted by Crippen LogP contribution is -2.35. The van der Waals surface area contributed by atoms with Crippen LogP contribution in [0.5, 0.6) is 0 Å². The van der Waals surface area contributed by atoms with Gasteiger partial charge in [0.15, 0.2) is 0 Å². The highest BCUT2D eigenvalue weighted by molar-refractivity contribution is 8.12. The maximum absolute atomic E-state index is 12.7. The number of hydrogen-bond acceptors (Lipinski definition) is 7. The molecule has 0 spiro atoms. The number of benzene rings is 2. The van der Waals surface area contributed by atoms with Crippen molar-refractivity contribution in [1.82, 2.24) is 5.32 Å². The lowest BCUT2D eigenvalue weighted by Gasteiger charge is -2.28. The number of carbonyl (C=O) groups excluding carboxylic acids is 3. The normalized spacial score (nSPS) is 20.7. The monoisotopic (exact) mass is 535 g/mol. The first-order valence-electron chi connectivity index (χ1n) is 12.9. The molecule has 0 radical (unpaired) electrons. The van der Waals surface area contributed by atoms with E-state index in [0.717, 1.165) is 46.9 Å². The Morgan fingerprint density at radius 1 is 0.974 bits per heavy atom. The lowest BCUT2D eigenvalue weighted by atomic mass is 9.82. The zero-order valence-corrected chi connectivity index (χ0v) is 22.6. The largest absolute Gasteiger partial charge is 0.425 e. The Hall–Kier alpha value is -3.28. The third-order valence-electron chi connectivity index (χ3n) is 6.96. The van der Waals surface area contributed by atoms with Gasteiger partial charge in [-0.15, -0.1) is 0 Å². The molecular weight excluding hydrogens is 502 g/mol. The number of carbonyl (C=O) groups is 3. The summed E-state index contributed by atoms with van der Waals surface area (Å²) in [6.07, 6.45) is 4.06. The van der Waals surface area contributed by atoms with Gasteiger partial charge in [-0.05, 0) is 72.9 Å². The molecule has 2 aliphatic carbocycles. The van der Waals surface area contributed by atoms with Gasteiger partial charge in [0.1, 0.15) is 6.61 Å². The van der Waals surface area contributed by atoms with Gasteiger partial charge in [-0.1, -0.05) is 48.2 Å². The fraction of sp³-hybridized carbons (Fsp3) is 0.433. The summed E-state index contributed by atoms with van der Waals surface area (Å²) in [6.45, 7) is 2.04. The van der Waals surface area contributed by atoms with Crippen molar-refractivity contribution in [3.05, 3.63) is 70.8 Å². The van der Waals surface area contributed by atoms with Gasteiger partial charge >= 0.3 is 11.3 Å². The highest BCUT2D eigenvalue weighted by atomic mass is 32.2. The molecule has 2 aromatic rings. The summed E-state index contributed by atoms with van der Waals surface area (Å²) in [7, 11) is 0. The molecular formula is C30H33NO6S. The number of hydrogen-bond donors (Lipinski definition) is 1. The zero-order chi connectivity index (χ0) is 26.9. The third-order valence-corrected chi connectivity index (χ3v) is 7.39. The molecule has 0 heterocycles. The third kappa shape index (κ3) is 7.62. The Kier molecular flexibility index (Phi) is 9.85. The van der Waals surface area contributed by atoms with Crippen molar-refractivity contribution in [2.75, 3.05) is 19.4 Å². The van der Waals surface area contributed by atoms with Crippen molar-refractivity contribution in [3.8, 4) is 11.8 Å². The van der Waals surface area contributed by atoms with Crippen molar-refractivity contribution < 1.29 is 28.6 Å². The lowest BCUT2D eigenvalue weighted by molar-refractivity contribution is -0.170. The highest BCUT2D eigenvalue weighted by Gasteiger charge is 2.29. The molecule has 2 aliphatic rings. The van der Waals surface area contributed by atoms with Crippen molar-refractivity contribution in [2.24, 2.45) is 11.8 Å². The van der Waals surface area contributed by atoms with Crippen LogP contribution in [0.3, 0.4) is 0 Å². The van der Waals surface area contributed by atoms with E-state index in [9.17, 15) is 14.4 Å².